The Balaban J connectivity index is 1.67. The quantitative estimate of drug-likeness (QED) is 0.818. The summed E-state index contributed by atoms with van der Waals surface area (Å²) in [5.74, 6) is 0.656. The molecule has 106 valence electrons. The monoisotopic (exact) mass is 274 g/mol. The number of ether oxygens (including phenoxy) is 2. The van der Waals surface area contributed by atoms with E-state index in [0.717, 1.165) is 17.8 Å². The van der Waals surface area contributed by atoms with E-state index in [1.54, 1.807) is 13.4 Å². The van der Waals surface area contributed by atoms with E-state index in [0.29, 0.717) is 32.3 Å². The number of oxazole rings is 1. The molecule has 2 heterocycles. The minimum atomic E-state index is 0.656. The minimum absolute atomic E-state index is 0.656. The Kier molecular flexibility index (Phi) is 4.11. The third-order valence-electron chi connectivity index (χ3n) is 3.31. The summed E-state index contributed by atoms with van der Waals surface area (Å²) in [6.45, 7) is 3.55. The summed E-state index contributed by atoms with van der Waals surface area (Å²) >= 11 is 0. The van der Waals surface area contributed by atoms with Gasteiger partial charge in [-0.15, -0.1) is 0 Å². The van der Waals surface area contributed by atoms with E-state index in [2.05, 4.69) is 22.4 Å². The fraction of sp³-hybridized carbons (Fsp3) is 0.400. The lowest BCUT2D eigenvalue weighted by Crippen LogP contribution is -2.18. The molecule has 0 unspecified atom stereocenters. The van der Waals surface area contributed by atoms with E-state index in [4.69, 9.17) is 13.9 Å². The Morgan fingerprint density at radius 3 is 3.10 bits per heavy atom. The summed E-state index contributed by atoms with van der Waals surface area (Å²) < 4.78 is 15.9. The van der Waals surface area contributed by atoms with Crippen LogP contribution < -0.4 is 5.32 Å². The molecule has 5 heteroatoms. The van der Waals surface area contributed by atoms with E-state index in [-0.39, 0.29) is 0 Å². The summed E-state index contributed by atoms with van der Waals surface area (Å²) in [4.78, 5) is 4.49. The number of nitrogens with zero attached hydrogens (tertiary/aromatic N) is 1. The van der Waals surface area contributed by atoms with Crippen molar-refractivity contribution in [2.75, 3.05) is 20.3 Å². The van der Waals surface area contributed by atoms with Gasteiger partial charge < -0.3 is 19.2 Å². The van der Waals surface area contributed by atoms with Gasteiger partial charge in [-0.2, -0.15) is 0 Å². The molecule has 1 aliphatic rings. The summed E-state index contributed by atoms with van der Waals surface area (Å²) in [5.41, 5.74) is 4.37. The topological polar surface area (TPSA) is 56.5 Å². The molecule has 1 aromatic heterocycles. The largest absolute Gasteiger partial charge is 0.444 e. The predicted molar refractivity (Wildman–Crippen MR) is 74.0 cm³/mol. The van der Waals surface area contributed by atoms with Crippen molar-refractivity contribution in [1.82, 2.24) is 10.3 Å². The molecular weight excluding hydrogens is 256 g/mol. The minimum Gasteiger partial charge on any atom is -0.444 e. The molecule has 0 saturated heterocycles. The van der Waals surface area contributed by atoms with Gasteiger partial charge in [-0.3, -0.25) is 0 Å². The third kappa shape index (κ3) is 2.90. The number of benzene rings is 1. The summed E-state index contributed by atoms with van der Waals surface area (Å²) in [5, 5.41) is 3.24. The van der Waals surface area contributed by atoms with Crippen LogP contribution in [0.15, 0.2) is 28.9 Å². The summed E-state index contributed by atoms with van der Waals surface area (Å²) in [6.07, 6.45) is 1.69. The molecule has 1 N–H and O–H groups in total. The number of hydrogen-bond acceptors (Lipinski definition) is 5. The van der Waals surface area contributed by atoms with Gasteiger partial charge in [-0.25, -0.2) is 4.98 Å². The Morgan fingerprint density at radius 1 is 1.30 bits per heavy atom. The highest BCUT2D eigenvalue weighted by molar-refractivity contribution is 5.56. The van der Waals surface area contributed by atoms with Crippen molar-refractivity contribution >= 4 is 0 Å². The first-order valence-electron chi connectivity index (χ1n) is 6.71. The zero-order valence-corrected chi connectivity index (χ0v) is 11.5. The molecule has 0 saturated carbocycles. The first-order valence-corrected chi connectivity index (χ1v) is 6.71. The van der Waals surface area contributed by atoms with Gasteiger partial charge in [0.05, 0.1) is 25.5 Å². The molecule has 1 aromatic carbocycles. The van der Waals surface area contributed by atoms with Crippen LogP contribution in [0.2, 0.25) is 0 Å². The normalized spacial score (nSPS) is 13.7. The molecule has 5 nitrogen and oxygen atoms in total. The highest BCUT2D eigenvalue weighted by Gasteiger charge is 2.14. The van der Waals surface area contributed by atoms with Crippen molar-refractivity contribution in [2.24, 2.45) is 0 Å². The Labute approximate surface area is 117 Å². The first-order chi connectivity index (χ1) is 9.86. The molecule has 0 radical (unpaired) electrons. The fourth-order valence-corrected chi connectivity index (χ4v) is 2.22. The van der Waals surface area contributed by atoms with Crippen molar-refractivity contribution < 1.29 is 13.9 Å². The van der Waals surface area contributed by atoms with Gasteiger partial charge in [0.25, 0.3) is 0 Å². The van der Waals surface area contributed by atoms with Gasteiger partial charge in [0.1, 0.15) is 6.26 Å². The number of nitrogens with one attached hydrogen (secondary N) is 1. The van der Waals surface area contributed by atoms with Crippen LogP contribution in [0.1, 0.15) is 16.8 Å². The Morgan fingerprint density at radius 2 is 2.20 bits per heavy atom. The summed E-state index contributed by atoms with van der Waals surface area (Å²) in [6, 6.07) is 6.20. The fourth-order valence-electron chi connectivity index (χ4n) is 2.22. The molecule has 0 spiro atoms. The van der Waals surface area contributed by atoms with Crippen molar-refractivity contribution in [3.63, 3.8) is 0 Å². The van der Waals surface area contributed by atoms with E-state index in [1.807, 2.05) is 6.07 Å². The lowest BCUT2D eigenvalue weighted by atomic mass is 10.1. The third-order valence-corrected chi connectivity index (χ3v) is 3.31. The number of aromatic nitrogens is 1. The smallest absolute Gasteiger partial charge is 0.226 e. The van der Waals surface area contributed by atoms with E-state index < -0.39 is 0 Å². The van der Waals surface area contributed by atoms with E-state index in [1.165, 1.54) is 11.1 Å². The van der Waals surface area contributed by atoms with Crippen LogP contribution in [0.4, 0.5) is 0 Å². The van der Waals surface area contributed by atoms with Gasteiger partial charge in [0.15, 0.2) is 0 Å². The maximum atomic E-state index is 5.54. The standard InChI is InChI=1S/C15H18N2O3/c1-18-5-4-16-7-14-10-20-15(17-14)11-2-3-12-8-19-9-13(12)6-11/h2-3,6,10,16H,4-5,7-9H2,1H3. The summed E-state index contributed by atoms with van der Waals surface area (Å²) in [7, 11) is 1.69. The van der Waals surface area contributed by atoms with E-state index in [9.17, 15) is 0 Å². The molecule has 0 fully saturated rings. The average Bonchev–Trinajstić information content (AvgIpc) is 3.11. The molecule has 1 aliphatic heterocycles. The van der Waals surface area contributed by atoms with Gasteiger partial charge in [0.2, 0.25) is 5.89 Å². The number of rotatable bonds is 6. The molecule has 0 aliphatic carbocycles. The molecule has 2 aromatic rings. The first kappa shape index (κ1) is 13.3. The maximum absolute atomic E-state index is 5.54. The second-order valence-electron chi connectivity index (χ2n) is 4.79. The zero-order valence-electron chi connectivity index (χ0n) is 11.5. The molecule has 0 amide bonds. The van der Waals surface area contributed by atoms with Crippen molar-refractivity contribution in [3.05, 3.63) is 41.3 Å². The Hall–Kier alpha value is -1.69. The van der Waals surface area contributed by atoms with Crippen molar-refractivity contribution in [2.45, 2.75) is 19.8 Å². The van der Waals surface area contributed by atoms with E-state index >= 15 is 0 Å². The highest BCUT2D eigenvalue weighted by atomic mass is 16.5. The zero-order chi connectivity index (χ0) is 13.8. The lowest BCUT2D eigenvalue weighted by molar-refractivity contribution is 0.134. The van der Waals surface area contributed by atoms with Crippen LogP contribution in [-0.2, 0) is 29.2 Å². The van der Waals surface area contributed by atoms with Gasteiger partial charge >= 0.3 is 0 Å². The highest BCUT2D eigenvalue weighted by Crippen LogP contribution is 2.26. The molecule has 0 bridgehead atoms. The molecule has 3 rings (SSSR count). The number of fused-ring (bicyclic) bond motifs is 1. The van der Waals surface area contributed by atoms with Crippen LogP contribution in [0, 0.1) is 0 Å². The van der Waals surface area contributed by atoms with Gasteiger partial charge in [-0.1, -0.05) is 6.07 Å². The second-order valence-corrected chi connectivity index (χ2v) is 4.79. The van der Waals surface area contributed by atoms with Gasteiger partial charge in [-0.05, 0) is 23.3 Å². The second kappa shape index (κ2) is 6.17. The molecular formula is C15H18N2O3. The van der Waals surface area contributed by atoms with Crippen LogP contribution in [0.5, 0.6) is 0 Å². The van der Waals surface area contributed by atoms with Crippen LogP contribution >= 0.6 is 0 Å². The SMILES string of the molecule is COCCNCc1coc(-c2ccc3c(c2)COC3)n1. The van der Waals surface area contributed by atoms with Crippen LogP contribution in [-0.4, -0.2) is 25.2 Å². The van der Waals surface area contributed by atoms with Crippen molar-refractivity contribution in [3.8, 4) is 11.5 Å². The van der Waals surface area contributed by atoms with Crippen LogP contribution in [0.25, 0.3) is 11.5 Å². The van der Waals surface area contributed by atoms with Gasteiger partial charge in [0, 0.05) is 25.8 Å². The lowest BCUT2D eigenvalue weighted by Gasteiger charge is -2.00. The maximum Gasteiger partial charge on any atom is 0.226 e. The predicted octanol–water partition coefficient (Wildman–Crippen LogP) is 2.11. The van der Waals surface area contributed by atoms with Crippen molar-refractivity contribution in [1.29, 1.82) is 0 Å². The average molecular weight is 274 g/mol. The number of methoxy groups -OCH3 is 1. The number of hydrogen-bond donors (Lipinski definition) is 1. The molecule has 0 atom stereocenters. The Bertz CT molecular complexity index is 580. The van der Waals surface area contributed by atoms with Crippen LogP contribution in [0.3, 0.4) is 0 Å². The molecule has 20 heavy (non-hydrogen) atoms.